The summed E-state index contributed by atoms with van der Waals surface area (Å²) in [5.41, 5.74) is 3.70. The van der Waals surface area contributed by atoms with Crippen LogP contribution in [-0.2, 0) is 22.4 Å². The molecule has 3 heterocycles. The molecule has 0 radical (unpaired) electrons. The van der Waals surface area contributed by atoms with E-state index in [1.807, 2.05) is 6.07 Å². The fraction of sp³-hybridized carbons (Fsp3) is 0.440. The maximum atomic E-state index is 12.0. The van der Waals surface area contributed by atoms with Crippen molar-refractivity contribution in [3.8, 4) is 5.88 Å². The SMILES string of the molecule is CCOC(=O)CC(N/C=C\C(=N)CCCc1ccc2c(n1)NCCC2)c1ccc(OC)nc1. The molecule has 0 amide bonds. The summed E-state index contributed by atoms with van der Waals surface area (Å²) in [6, 6.07) is 7.57. The summed E-state index contributed by atoms with van der Waals surface area (Å²) in [4.78, 5) is 21.0. The van der Waals surface area contributed by atoms with Gasteiger partial charge in [0.1, 0.15) is 5.82 Å². The summed E-state index contributed by atoms with van der Waals surface area (Å²) in [7, 11) is 1.56. The molecule has 3 N–H and O–H groups in total. The van der Waals surface area contributed by atoms with Gasteiger partial charge in [-0.3, -0.25) is 4.79 Å². The van der Waals surface area contributed by atoms with Crippen LogP contribution in [0, 0.1) is 5.41 Å². The standard InChI is InChI=1S/C25H33N5O3/c1-3-33-24(31)16-22(19-10-12-23(32-2)29-17-19)27-15-13-20(26)7-4-8-21-11-9-18-6-5-14-28-25(18)30-21/h9-13,15,17,22,26-27H,3-8,14,16H2,1-2H3,(H,28,30)/b15-13-,26-20?. The van der Waals surface area contributed by atoms with E-state index in [9.17, 15) is 4.79 Å². The van der Waals surface area contributed by atoms with E-state index in [0.29, 0.717) is 24.6 Å². The minimum Gasteiger partial charge on any atom is -0.481 e. The lowest BCUT2D eigenvalue weighted by Gasteiger charge is -2.17. The number of anilines is 1. The van der Waals surface area contributed by atoms with Crippen LogP contribution in [0.2, 0.25) is 0 Å². The number of rotatable bonds is 12. The molecule has 33 heavy (non-hydrogen) atoms. The molecule has 1 unspecified atom stereocenters. The van der Waals surface area contributed by atoms with Crippen molar-refractivity contribution in [1.29, 1.82) is 5.41 Å². The number of ether oxygens (including phenoxy) is 2. The number of esters is 1. The zero-order valence-corrected chi connectivity index (χ0v) is 19.4. The number of methoxy groups -OCH3 is 1. The highest BCUT2D eigenvalue weighted by molar-refractivity contribution is 5.92. The van der Waals surface area contributed by atoms with E-state index in [0.717, 1.165) is 49.3 Å². The van der Waals surface area contributed by atoms with Crippen LogP contribution in [0.25, 0.3) is 0 Å². The van der Waals surface area contributed by atoms with Crippen molar-refractivity contribution in [1.82, 2.24) is 15.3 Å². The molecule has 0 aliphatic carbocycles. The van der Waals surface area contributed by atoms with Gasteiger partial charge < -0.3 is 25.5 Å². The van der Waals surface area contributed by atoms with Gasteiger partial charge in [0.2, 0.25) is 5.88 Å². The highest BCUT2D eigenvalue weighted by Gasteiger charge is 2.16. The van der Waals surface area contributed by atoms with E-state index in [4.69, 9.17) is 19.9 Å². The summed E-state index contributed by atoms with van der Waals surface area (Å²) in [5.74, 6) is 1.23. The summed E-state index contributed by atoms with van der Waals surface area (Å²) in [6.45, 7) is 3.10. The molecule has 1 aliphatic heterocycles. The number of hydrogen-bond acceptors (Lipinski definition) is 8. The van der Waals surface area contributed by atoms with Crippen LogP contribution in [0.3, 0.4) is 0 Å². The first-order valence-electron chi connectivity index (χ1n) is 11.5. The summed E-state index contributed by atoms with van der Waals surface area (Å²) >= 11 is 0. The quantitative estimate of drug-likeness (QED) is 0.331. The normalized spacial score (nSPS) is 13.6. The third-order valence-corrected chi connectivity index (χ3v) is 5.46. The first-order valence-corrected chi connectivity index (χ1v) is 11.5. The van der Waals surface area contributed by atoms with Gasteiger partial charge in [-0.15, -0.1) is 0 Å². The van der Waals surface area contributed by atoms with Gasteiger partial charge in [-0.1, -0.05) is 12.1 Å². The average molecular weight is 452 g/mol. The Kier molecular flexibility index (Phi) is 9.23. The molecule has 3 rings (SSSR count). The van der Waals surface area contributed by atoms with E-state index < -0.39 is 0 Å². The average Bonchev–Trinajstić information content (AvgIpc) is 2.83. The highest BCUT2D eigenvalue weighted by Crippen LogP contribution is 2.21. The third-order valence-electron chi connectivity index (χ3n) is 5.46. The van der Waals surface area contributed by atoms with Crippen molar-refractivity contribution in [3.05, 3.63) is 59.6 Å². The van der Waals surface area contributed by atoms with Crippen LogP contribution in [0.15, 0.2) is 42.7 Å². The van der Waals surface area contributed by atoms with Crippen LogP contribution >= 0.6 is 0 Å². The number of aryl methyl sites for hydroxylation is 2. The largest absolute Gasteiger partial charge is 0.481 e. The number of nitrogens with zero attached hydrogens (tertiary/aromatic N) is 2. The number of pyridine rings is 2. The minimum absolute atomic E-state index is 0.164. The second kappa shape index (κ2) is 12.6. The molecular formula is C25H33N5O3. The Morgan fingerprint density at radius 2 is 2.21 bits per heavy atom. The third kappa shape index (κ3) is 7.59. The summed E-state index contributed by atoms with van der Waals surface area (Å²) in [5, 5.41) is 14.8. The molecule has 1 aliphatic rings. The lowest BCUT2D eigenvalue weighted by atomic mass is 10.0. The van der Waals surface area contributed by atoms with Crippen LogP contribution in [0.4, 0.5) is 5.82 Å². The molecule has 176 valence electrons. The molecule has 1 atom stereocenters. The van der Waals surface area contributed by atoms with Gasteiger partial charge in [0.05, 0.1) is 26.2 Å². The first-order chi connectivity index (χ1) is 16.1. The predicted octanol–water partition coefficient (Wildman–Crippen LogP) is 3.98. The summed E-state index contributed by atoms with van der Waals surface area (Å²) < 4.78 is 10.2. The lowest BCUT2D eigenvalue weighted by Crippen LogP contribution is -2.21. The van der Waals surface area contributed by atoms with Crippen molar-refractivity contribution in [2.24, 2.45) is 0 Å². The topological polar surface area (TPSA) is 109 Å². The Balaban J connectivity index is 1.50. The van der Waals surface area contributed by atoms with Gasteiger partial charge in [-0.2, -0.15) is 0 Å². The van der Waals surface area contributed by atoms with Crippen molar-refractivity contribution in [2.75, 3.05) is 25.6 Å². The molecular weight excluding hydrogens is 418 g/mol. The van der Waals surface area contributed by atoms with Crippen LogP contribution < -0.4 is 15.4 Å². The van der Waals surface area contributed by atoms with E-state index in [1.54, 1.807) is 38.6 Å². The van der Waals surface area contributed by atoms with Crippen LogP contribution in [0.5, 0.6) is 5.88 Å². The van der Waals surface area contributed by atoms with Crippen molar-refractivity contribution in [3.63, 3.8) is 0 Å². The fourth-order valence-electron chi connectivity index (χ4n) is 3.69. The van der Waals surface area contributed by atoms with Gasteiger partial charge in [-0.05, 0) is 68.5 Å². The second-order valence-electron chi connectivity index (χ2n) is 7.92. The second-order valence-corrected chi connectivity index (χ2v) is 7.92. The molecule has 0 saturated heterocycles. The van der Waals surface area contributed by atoms with Crippen molar-refractivity contribution < 1.29 is 14.3 Å². The Hall–Kier alpha value is -3.42. The van der Waals surface area contributed by atoms with Crippen molar-refractivity contribution >= 4 is 17.5 Å². The van der Waals surface area contributed by atoms with Gasteiger partial charge in [0.25, 0.3) is 0 Å². The zero-order valence-electron chi connectivity index (χ0n) is 19.4. The molecule has 0 aromatic carbocycles. The number of carbonyl (C=O) groups excluding carboxylic acids is 1. The Bertz CT molecular complexity index is 959. The number of hydrogen-bond donors (Lipinski definition) is 3. The molecule has 2 aromatic rings. The molecule has 0 bridgehead atoms. The van der Waals surface area contributed by atoms with Gasteiger partial charge >= 0.3 is 5.97 Å². The molecule has 2 aromatic heterocycles. The van der Waals surface area contributed by atoms with E-state index in [2.05, 4.69) is 27.8 Å². The maximum absolute atomic E-state index is 12.0. The zero-order chi connectivity index (χ0) is 23.5. The summed E-state index contributed by atoms with van der Waals surface area (Å²) in [6.07, 6.45) is 9.87. The van der Waals surface area contributed by atoms with Crippen LogP contribution in [0.1, 0.15) is 55.5 Å². The number of carbonyl (C=O) groups is 1. The van der Waals surface area contributed by atoms with Gasteiger partial charge in [-0.25, -0.2) is 9.97 Å². The van der Waals surface area contributed by atoms with E-state index in [1.165, 1.54) is 5.56 Å². The molecule has 0 fully saturated rings. The number of allylic oxidation sites excluding steroid dienone is 1. The molecule has 8 heteroatoms. The predicted molar refractivity (Wildman–Crippen MR) is 129 cm³/mol. The molecule has 8 nitrogen and oxygen atoms in total. The van der Waals surface area contributed by atoms with E-state index in [-0.39, 0.29) is 18.4 Å². The Morgan fingerprint density at radius 1 is 1.33 bits per heavy atom. The minimum atomic E-state index is -0.307. The van der Waals surface area contributed by atoms with Gasteiger partial charge in [0.15, 0.2) is 0 Å². The molecule has 0 spiro atoms. The number of fused-ring (bicyclic) bond motifs is 1. The Morgan fingerprint density at radius 3 is 2.97 bits per heavy atom. The molecule has 0 saturated carbocycles. The fourth-order valence-corrected chi connectivity index (χ4v) is 3.69. The Labute approximate surface area is 195 Å². The number of aromatic nitrogens is 2. The van der Waals surface area contributed by atoms with Crippen LogP contribution in [-0.4, -0.2) is 41.9 Å². The van der Waals surface area contributed by atoms with Crippen molar-refractivity contribution in [2.45, 2.75) is 51.5 Å². The van der Waals surface area contributed by atoms with E-state index >= 15 is 0 Å². The smallest absolute Gasteiger partial charge is 0.308 e. The highest BCUT2D eigenvalue weighted by atomic mass is 16.5. The maximum Gasteiger partial charge on any atom is 0.308 e. The number of nitrogens with one attached hydrogen (secondary N) is 3. The monoisotopic (exact) mass is 451 g/mol. The van der Waals surface area contributed by atoms with Gasteiger partial charge in [0, 0.05) is 30.2 Å². The lowest BCUT2D eigenvalue weighted by molar-refractivity contribution is -0.143. The first kappa shape index (κ1) is 24.2.